The van der Waals surface area contributed by atoms with Crippen LogP contribution in [0, 0.1) is 24.0 Å². The van der Waals surface area contributed by atoms with Crippen molar-refractivity contribution < 1.29 is 13.3 Å². The van der Waals surface area contributed by atoms with Crippen molar-refractivity contribution in [2.45, 2.75) is 31.7 Å². The molecule has 0 radical (unpaired) electrons. The number of benzene rings is 1. The van der Waals surface area contributed by atoms with Gasteiger partial charge in [0, 0.05) is 25.7 Å². The van der Waals surface area contributed by atoms with Crippen LogP contribution in [0.4, 0.5) is 5.69 Å². The van der Waals surface area contributed by atoms with Gasteiger partial charge in [-0.15, -0.1) is 0 Å². The molecule has 20 heavy (non-hydrogen) atoms. The first-order chi connectivity index (χ1) is 9.12. The highest BCUT2D eigenvalue weighted by Gasteiger charge is 2.32. The van der Waals surface area contributed by atoms with Gasteiger partial charge in [-0.2, -0.15) is 4.31 Å². The molecular formula is C12H19N3O4S. The Hall–Kier alpha value is -1.51. The van der Waals surface area contributed by atoms with Crippen molar-refractivity contribution in [3.8, 4) is 0 Å². The van der Waals surface area contributed by atoms with Gasteiger partial charge in [0.25, 0.3) is 5.69 Å². The number of nitrogens with zero attached hydrogens (tertiary/aromatic N) is 2. The van der Waals surface area contributed by atoms with Crippen LogP contribution >= 0.6 is 0 Å². The SMILES string of the molecule is Cc1cc([N+](=O)[O-])c(S(=O)(=O)N(C)C(C)CN)cc1C. The number of sulfonamides is 1. The lowest BCUT2D eigenvalue weighted by molar-refractivity contribution is -0.387. The first kappa shape index (κ1) is 16.5. The molecule has 0 heterocycles. The zero-order valence-electron chi connectivity index (χ0n) is 12.0. The molecule has 0 aliphatic rings. The summed E-state index contributed by atoms with van der Waals surface area (Å²) in [5.41, 5.74) is 6.40. The van der Waals surface area contributed by atoms with Gasteiger partial charge in [0.15, 0.2) is 4.90 Å². The number of nitro benzene ring substituents is 1. The molecule has 2 N–H and O–H groups in total. The molecular weight excluding hydrogens is 282 g/mol. The molecule has 0 spiro atoms. The van der Waals surface area contributed by atoms with Crippen LogP contribution in [0.5, 0.6) is 0 Å². The largest absolute Gasteiger partial charge is 0.329 e. The summed E-state index contributed by atoms with van der Waals surface area (Å²) in [5.74, 6) is 0. The lowest BCUT2D eigenvalue weighted by atomic mass is 10.1. The fraction of sp³-hybridized carbons (Fsp3) is 0.500. The number of hydrogen-bond acceptors (Lipinski definition) is 5. The third kappa shape index (κ3) is 2.97. The number of rotatable bonds is 5. The smallest absolute Gasteiger partial charge is 0.289 e. The fourth-order valence-corrected chi connectivity index (χ4v) is 3.26. The van der Waals surface area contributed by atoms with Gasteiger partial charge in [-0.3, -0.25) is 10.1 Å². The molecule has 0 bridgehead atoms. The average molecular weight is 301 g/mol. The minimum absolute atomic E-state index is 0.133. The van der Waals surface area contributed by atoms with Crippen molar-refractivity contribution in [3.63, 3.8) is 0 Å². The lowest BCUT2D eigenvalue weighted by Gasteiger charge is -2.23. The topological polar surface area (TPSA) is 107 Å². The number of hydrogen-bond donors (Lipinski definition) is 1. The summed E-state index contributed by atoms with van der Waals surface area (Å²) in [6.07, 6.45) is 0. The van der Waals surface area contributed by atoms with Crippen molar-refractivity contribution >= 4 is 15.7 Å². The van der Waals surface area contributed by atoms with E-state index in [0.29, 0.717) is 11.1 Å². The summed E-state index contributed by atoms with van der Waals surface area (Å²) < 4.78 is 26.0. The van der Waals surface area contributed by atoms with E-state index in [1.165, 1.54) is 19.2 Å². The Kier molecular flexibility index (Phi) is 4.85. The maximum atomic E-state index is 12.5. The van der Waals surface area contributed by atoms with Crippen LogP contribution in [0.15, 0.2) is 17.0 Å². The third-order valence-electron chi connectivity index (χ3n) is 3.39. The predicted octanol–water partition coefficient (Wildman–Crippen LogP) is 1.18. The molecule has 0 amide bonds. The van der Waals surface area contributed by atoms with E-state index in [0.717, 1.165) is 4.31 Å². The molecule has 1 atom stereocenters. The summed E-state index contributed by atoms with van der Waals surface area (Å²) in [7, 11) is -2.59. The Morgan fingerprint density at radius 3 is 2.30 bits per heavy atom. The van der Waals surface area contributed by atoms with Crippen molar-refractivity contribution in [1.82, 2.24) is 4.31 Å². The Labute approximate surface area is 118 Å². The van der Waals surface area contributed by atoms with Crippen LogP contribution in [-0.4, -0.2) is 37.3 Å². The van der Waals surface area contributed by atoms with Gasteiger partial charge < -0.3 is 5.73 Å². The van der Waals surface area contributed by atoms with Gasteiger partial charge in [0.1, 0.15) is 0 Å². The Balaban J connectivity index is 3.53. The van der Waals surface area contributed by atoms with E-state index in [4.69, 9.17) is 5.73 Å². The molecule has 0 fully saturated rings. The highest BCUT2D eigenvalue weighted by atomic mass is 32.2. The maximum Gasteiger partial charge on any atom is 0.289 e. The van der Waals surface area contributed by atoms with Crippen molar-refractivity contribution in [2.24, 2.45) is 5.73 Å². The first-order valence-electron chi connectivity index (χ1n) is 6.06. The second-order valence-electron chi connectivity index (χ2n) is 4.77. The van der Waals surface area contributed by atoms with Gasteiger partial charge in [0.05, 0.1) is 4.92 Å². The quantitative estimate of drug-likeness (QED) is 0.649. The molecule has 1 rings (SSSR count). The summed E-state index contributed by atoms with van der Waals surface area (Å²) in [4.78, 5) is 10.1. The van der Waals surface area contributed by atoms with Crippen LogP contribution in [0.2, 0.25) is 0 Å². The Morgan fingerprint density at radius 1 is 1.35 bits per heavy atom. The van der Waals surface area contributed by atoms with E-state index >= 15 is 0 Å². The fourth-order valence-electron chi connectivity index (χ4n) is 1.66. The van der Waals surface area contributed by atoms with Crippen LogP contribution in [-0.2, 0) is 10.0 Å². The molecule has 0 saturated carbocycles. The van der Waals surface area contributed by atoms with Crippen LogP contribution < -0.4 is 5.73 Å². The highest BCUT2D eigenvalue weighted by molar-refractivity contribution is 7.89. The second kappa shape index (κ2) is 5.86. The summed E-state index contributed by atoms with van der Waals surface area (Å²) in [6.45, 7) is 5.19. The predicted molar refractivity (Wildman–Crippen MR) is 76.0 cm³/mol. The van der Waals surface area contributed by atoms with Gasteiger partial charge in [-0.25, -0.2) is 8.42 Å². The van der Waals surface area contributed by atoms with E-state index < -0.39 is 26.7 Å². The van der Waals surface area contributed by atoms with Gasteiger partial charge >= 0.3 is 0 Å². The zero-order valence-corrected chi connectivity index (χ0v) is 12.8. The van der Waals surface area contributed by atoms with Crippen molar-refractivity contribution in [2.75, 3.05) is 13.6 Å². The molecule has 1 aromatic carbocycles. The lowest BCUT2D eigenvalue weighted by Crippen LogP contribution is -2.39. The monoisotopic (exact) mass is 301 g/mol. The number of nitrogens with two attached hydrogens (primary N) is 1. The van der Waals surface area contributed by atoms with E-state index in [1.54, 1.807) is 20.8 Å². The van der Waals surface area contributed by atoms with E-state index in [-0.39, 0.29) is 11.4 Å². The molecule has 0 aliphatic heterocycles. The molecule has 0 saturated heterocycles. The third-order valence-corrected chi connectivity index (χ3v) is 5.39. The molecule has 0 aromatic heterocycles. The number of aryl methyl sites for hydroxylation is 2. The number of likely N-dealkylation sites (N-methyl/N-ethyl adjacent to an activating group) is 1. The van der Waals surface area contributed by atoms with Crippen LogP contribution in [0.1, 0.15) is 18.1 Å². The molecule has 1 unspecified atom stereocenters. The van der Waals surface area contributed by atoms with Crippen LogP contribution in [0.3, 0.4) is 0 Å². The molecule has 7 nitrogen and oxygen atoms in total. The van der Waals surface area contributed by atoms with E-state index in [9.17, 15) is 18.5 Å². The second-order valence-corrected chi connectivity index (χ2v) is 6.73. The summed E-state index contributed by atoms with van der Waals surface area (Å²) in [6, 6.07) is 2.17. The molecule has 1 aromatic rings. The van der Waals surface area contributed by atoms with Gasteiger partial charge in [-0.1, -0.05) is 0 Å². The maximum absolute atomic E-state index is 12.5. The average Bonchev–Trinajstić information content (AvgIpc) is 2.38. The minimum atomic E-state index is -3.95. The van der Waals surface area contributed by atoms with Crippen molar-refractivity contribution in [3.05, 3.63) is 33.4 Å². The standard InChI is InChI=1S/C12H19N3O4S/c1-8-5-11(15(16)17)12(6-9(8)2)20(18,19)14(4)10(3)7-13/h5-6,10H,7,13H2,1-4H3. The number of nitro groups is 1. The molecule has 112 valence electrons. The Morgan fingerprint density at radius 2 is 1.85 bits per heavy atom. The normalized spacial score (nSPS) is 13.5. The molecule has 8 heteroatoms. The zero-order chi connectivity index (χ0) is 15.7. The van der Waals surface area contributed by atoms with Gasteiger partial charge in [0.2, 0.25) is 10.0 Å². The summed E-state index contributed by atoms with van der Waals surface area (Å²) >= 11 is 0. The Bertz CT molecular complexity index is 628. The molecule has 0 aliphatic carbocycles. The van der Waals surface area contributed by atoms with E-state index in [1.807, 2.05) is 0 Å². The van der Waals surface area contributed by atoms with Gasteiger partial charge in [-0.05, 0) is 38.0 Å². The van der Waals surface area contributed by atoms with Crippen LogP contribution in [0.25, 0.3) is 0 Å². The summed E-state index contributed by atoms with van der Waals surface area (Å²) in [5, 5.41) is 11.1. The van der Waals surface area contributed by atoms with E-state index in [2.05, 4.69) is 0 Å². The minimum Gasteiger partial charge on any atom is -0.329 e. The van der Waals surface area contributed by atoms with Crippen molar-refractivity contribution in [1.29, 1.82) is 0 Å². The highest BCUT2D eigenvalue weighted by Crippen LogP contribution is 2.29. The first-order valence-corrected chi connectivity index (χ1v) is 7.50.